The first-order valence-corrected chi connectivity index (χ1v) is 8.43. The first-order chi connectivity index (χ1) is 9.56. The molecule has 0 heterocycles. The second kappa shape index (κ2) is 7.47. The molecule has 1 fully saturated rings. The van der Waals surface area contributed by atoms with Crippen molar-refractivity contribution in [2.75, 3.05) is 0 Å². The first kappa shape index (κ1) is 15.9. The van der Waals surface area contributed by atoms with Crippen molar-refractivity contribution in [2.45, 2.75) is 65.0 Å². The van der Waals surface area contributed by atoms with Gasteiger partial charge in [0.2, 0.25) is 0 Å². The van der Waals surface area contributed by atoms with Crippen molar-refractivity contribution < 1.29 is 0 Å². The van der Waals surface area contributed by atoms with Gasteiger partial charge in [-0.05, 0) is 62.5 Å². The van der Waals surface area contributed by atoms with Crippen LogP contribution in [0.25, 0.3) is 0 Å². The van der Waals surface area contributed by atoms with E-state index in [1.807, 2.05) is 12.1 Å². The Kier molecular flexibility index (Phi) is 5.92. The number of halogens is 1. The zero-order valence-electron chi connectivity index (χ0n) is 13.0. The van der Waals surface area contributed by atoms with Crippen LogP contribution in [0, 0.1) is 11.8 Å². The molecule has 1 atom stereocenters. The van der Waals surface area contributed by atoms with Crippen LogP contribution in [0.4, 0.5) is 0 Å². The fourth-order valence-corrected chi connectivity index (χ4v) is 3.62. The molecule has 0 aliphatic heterocycles. The van der Waals surface area contributed by atoms with Gasteiger partial charge in [0, 0.05) is 17.1 Å². The van der Waals surface area contributed by atoms with E-state index in [0.29, 0.717) is 12.1 Å². The lowest BCUT2D eigenvalue weighted by Crippen LogP contribution is -2.40. The van der Waals surface area contributed by atoms with Gasteiger partial charge >= 0.3 is 0 Å². The van der Waals surface area contributed by atoms with Crippen LogP contribution >= 0.6 is 11.6 Å². The molecule has 0 radical (unpaired) electrons. The number of nitrogens with one attached hydrogen (secondary N) is 1. The van der Waals surface area contributed by atoms with E-state index in [1.54, 1.807) is 0 Å². The van der Waals surface area contributed by atoms with Gasteiger partial charge in [0.05, 0.1) is 0 Å². The maximum Gasteiger partial charge on any atom is 0.0438 e. The summed E-state index contributed by atoms with van der Waals surface area (Å²) in [5.41, 5.74) is 1.25. The molecule has 0 amide bonds. The normalized spacial score (nSPS) is 24.9. The van der Waals surface area contributed by atoms with Crippen LogP contribution in [-0.2, 0) is 6.42 Å². The van der Waals surface area contributed by atoms with Gasteiger partial charge in [0.15, 0.2) is 0 Å². The molecule has 2 heteroatoms. The fourth-order valence-electron chi connectivity index (χ4n) is 3.41. The zero-order valence-corrected chi connectivity index (χ0v) is 13.8. The van der Waals surface area contributed by atoms with E-state index in [4.69, 9.17) is 11.6 Å². The molecule has 1 aliphatic carbocycles. The lowest BCUT2D eigenvalue weighted by atomic mass is 9.79. The van der Waals surface area contributed by atoms with Crippen LogP contribution in [0.15, 0.2) is 24.3 Å². The molecule has 20 heavy (non-hydrogen) atoms. The van der Waals surface area contributed by atoms with Crippen molar-refractivity contribution in [3.8, 4) is 0 Å². The van der Waals surface area contributed by atoms with Crippen LogP contribution in [0.2, 0.25) is 5.02 Å². The van der Waals surface area contributed by atoms with Crippen molar-refractivity contribution in [3.05, 3.63) is 34.9 Å². The van der Waals surface area contributed by atoms with Crippen LogP contribution in [0.1, 0.15) is 52.0 Å². The number of benzene rings is 1. The third kappa shape index (κ3) is 4.49. The van der Waals surface area contributed by atoms with Gasteiger partial charge in [0.25, 0.3) is 0 Å². The zero-order chi connectivity index (χ0) is 14.5. The molecular weight excluding hydrogens is 266 g/mol. The van der Waals surface area contributed by atoms with E-state index in [0.717, 1.165) is 23.3 Å². The van der Waals surface area contributed by atoms with Crippen molar-refractivity contribution in [3.63, 3.8) is 0 Å². The van der Waals surface area contributed by atoms with Gasteiger partial charge in [-0.1, -0.05) is 43.6 Å². The topological polar surface area (TPSA) is 12.0 Å². The summed E-state index contributed by atoms with van der Waals surface area (Å²) in [5, 5.41) is 4.69. The Morgan fingerprint density at radius 3 is 2.35 bits per heavy atom. The summed E-state index contributed by atoms with van der Waals surface area (Å²) in [7, 11) is 0. The minimum atomic E-state index is 0.496. The predicted molar refractivity (Wildman–Crippen MR) is 88.3 cm³/mol. The summed E-state index contributed by atoms with van der Waals surface area (Å²) < 4.78 is 0. The van der Waals surface area contributed by atoms with Crippen molar-refractivity contribution in [1.29, 1.82) is 0 Å². The standard InChI is InChI=1S/C18H28ClN/c1-13(2)15-8-10-17(11-9-15)20-14(3)12-16-6-4-5-7-18(16)19/h4-7,13-15,17,20H,8-12H2,1-3H3. The summed E-state index contributed by atoms with van der Waals surface area (Å²) in [5.74, 6) is 1.78. The van der Waals surface area contributed by atoms with Crippen LogP contribution in [-0.4, -0.2) is 12.1 Å². The Morgan fingerprint density at radius 1 is 1.10 bits per heavy atom. The van der Waals surface area contributed by atoms with Crippen LogP contribution < -0.4 is 5.32 Å². The third-order valence-corrected chi connectivity index (χ3v) is 5.09. The first-order valence-electron chi connectivity index (χ1n) is 8.05. The fraction of sp³-hybridized carbons (Fsp3) is 0.667. The Morgan fingerprint density at radius 2 is 1.75 bits per heavy atom. The molecule has 1 aliphatic rings. The Balaban J connectivity index is 1.78. The molecule has 1 aromatic rings. The van der Waals surface area contributed by atoms with E-state index in [-0.39, 0.29) is 0 Å². The van der Waals surface area contributed by atoms with Gasteiger partial charge in [-0.2, -0.15) is 0 Å². The molecular formula is C18H28ClN. The Hall–Kier alpha value is -0.530. The summed E-state index contributed by atoms with van der Waals surface area (Å²) in [6, 6.07) is 9.38. The van der Waals surface area contributed by atoms with Gasteiger partial charge < -0.3 is 5.32 Å². The highest BCUT2D eigenvalue weighted by atomic mass is 35.5. The highest BCUT2D eigenvalue weighted by Gasteiger charge is 2.23. The SMILES string of the molecule is CC(Cc1ccccc1Cl)NC1CCC(C(C)C)CC1. The molecule has 1 saturated carbocycles. The average Bonchev–Trinajstić information content (AvgIpc) is 2.42. The minimum absolute atomic E-state index is 0.496. The highest BCUT2D eigenvalue weighted by Crippen LogP contribution is 2.30. The summed E-state index contributed by atoms with van der Waals surface area (Å²) >= 11 is 6.24. The number of hydrogen-bond acceptors (Lipinski definition) is 1. The Bertz CT molecular complexity index is 408. The minimum Gasteiger partial charge on any atom is -0.311 e. The van der Waals surface area contributed by atoms with Crippen molar-refractivity contribution >= 4 is 11.6 Å². The van der Waals surface area contributed by atoms with E-state index >= 15 is 0 Å². The quantitative estimate of drug-likeness (QED) is 0.799. The molecule has 0 bridgehead atoms. The molecule has 0 aromatic heterocycles. The van der Waals surface area contributed by atoms with E-state index in [9.17, 15) is 0 Å². The lowest BCUT2D eigenvalue weighted by molar-refractivity contribution is 0.230. The summed E-state index contributed by atoms with van der Waals surface area (Å²) in [6.45, 7) is 6.99. The highest BCUT2D eigenvalue weighted by molar-refractivity contribution is 6.31. The van der Waals surface area contributed by atoms with Gasteiger partial charge in [-0.3, -0.25) is 0 Å². The van der Waals surface area contributed by atoms with Crippen LogP contribution in [0.5, 0.6) is 0 Å². The molecule has 1 unspecified atom stereocenters. The number of hydrogen-bond donors (Lipinski definition) is 1. The van der Waals surface area contributed by atoms with E-state index in [1.165, 1.54) is 31.2 Å². The predicted octanol–water partition coefficient (Wildman–Crippen LogP) is 5.08. The monoisotopic (exact) mass is 293 g/mol. The second-order valence-electron chi connectivity index (χ2n) is 6.72. The summed E-state index contributed by atoms with van der Waals surface area (Å²) in [6.07, 6.45) is 6.44. The average molecular weight is 294 g/mol. The summed E-state index contributed by atoms with van der Waals surface area (Å²) in [4.78, 5) is 0. The third-order valence-electron chi connectivity index (χ3n) is 4.72. The number of rotatable bonds is 5. The van der Waals surface area contributed by atoms with Gasteiger partial charge in [-0.15, -0.1) is 0 Å². The largest absolute Gasteiger partial charge is 0.311 e. The maximum atomic E-state index is 6.24. The van der Waals surface area contributed by atoms with Crippen LogP contribution in [0.3, 0.4) is 0 Å². The van der Waals surface area contributed by atoms with Crippen molar-refractivity contribution in [2.24, 2.45) is 11.8 Å². The van der Waals surface area contributed by atoms with Crippen molar-refractivity contribution in [1.82, 2.24) is 5.32 Å². The molecule has 1 N–H and O–H groups in total. The lowest BCUT2D eigenvalue weighted by Gasteiger charge is -2.33. The molecule has 0 saturated heterocycles. The second-order valence-corrected chi connectivity index (χ2v) is 7.13. The molecule has 1 aromatic carbocycles. The smallest absolute Gasteiger partial charge is 0.0438 e. The molecule has 1 nitrogen and oxygen atoms in total. The van der Waals surface area contributed by atoms with E-state index in [2.05, 4.69) is 38.2 Å². The van der Waals surface area contributed by atoms with Gasteiger partial charge in [0.1, 0.15) is 0 Å². The molecule has 112 valence electrons. The molecule has 2 rings (SSSR count). The van der Waals surface area contributed by atoms with E-state index < -0.39 is 0 Å². The Labute approximate surface area is 129 Å². The van der Waals surface area contributed by atoms with Gasteiger partial charge in [-0.25, -0.2) is 0 Å². The molecule has 0 spiro atoms. The maximum absolute atomic E-state index is 6.24.